The minimum absolute atomic E-state index is 0.0274. The molecule has 0 saturated heterocycles. The van der Waals surface area contributed by atoms with E-state index in [-0.39, 0.29) is 11.5 Å². The van der Waals surface area contributed by atoms with Gasteiger partial charge in [-0.25, -0.2) is 0 Å². The van der Waals surface area contributed by atoms with Crippen molar-refractivity contribution < 1.29 is 4.79 Å². The summed E-state index contributed by atoms with van der Waals surface area (Å²) in [6.07, 6.45) is 0. The maximum Gasteiger partial charge on any atom is 0.250 e. The maximum absolute atomic E-state index is 11.4. The molecule has 18 heavy (non-hydrogen) atoms. The molecule has 1 rings (SSSR count). The second-order valence-corrected chi connectivity index (χ2v) is 5.93. The van der Waals surface area contributed by atoms with Crippen LogP contribution in [-0.4, -0.2) is 11.9 Å². The van der Waals surface area contributed by atoms with E-state index in [1.54, 1.807) is 6.07 Å². The summed E-state index contributed by atoms with van der Waals surface area (Å²) in [6, 6.07) is 3.26. The summed E-state index contributed by atoms with van der Waals surface area (Å²) >= 11 is 6.12. The molecule has 0 aliphatic carbocycles. The van der Waals surface area contributed by atoms with Gasteiger partial charge in [-0.1, -0.05) is 32.4 Å². The third-order valence-corrected chi connectivity index (χ3v) is 3.34. The number of hydrogen-bond donors (Lipinski definition) is 3. The molecule has 1 amide bonds. The number of nitrogens with two attached hydrogens (primary N) is 2. The van der Waals surface area contributed by atoms with Gasteiger partial charge in [0.25, 0.3) is 5.91 Å². The van der Waals surface area contributed by atoms with Crippen molar-refractivity contribution >= 4 is 28.9 Å². The van der Waals surface area contributed by atoms with Gasteiger partial charge in [-0.2, -0.15) is 0 Å². The summed E-state index contributed by atoms with van der Waals surface area (Å²) < 4.78 is 0. The second kappa shape index (κ2) is 5.06. The number of carbonyl (C=O) groups is 1. The molecule has 0 aliphatic rings. The number of benzene rings is 1. The van der Waals surface area contributed by atoms with Gasteiger partial charge < -0.3 is 16.8 Å². The average Bonchev–Trinajstić information content (AvgIpc) is 2.19. The molecule has 1 aromatic carbocycles. The Balaban J connectivity index is 3.20. The summed E-state index contributed by atoms with van der Waals surface area (Å²) in [5.41, 5.74) is 12.3. The highest BCUT2D eigenvalue weighted by molar-refractivity contribution is 6.34. The first-order valence-corrected chi connectivity index (χ1v) is 6.16. The lowest BCUT2D eigenvalue weighted by Gasteiger charge is -2.30. The SMILES string of the molecule is CC(Nc1c(Cl)cc(N)cc1C(N)=O)C(C)(C)C. The fourth-order valence-corrected chi connectivity index (χ4v) is 1.68. The van der Waals surface area contributed by atoms with Gasteiger partial charge >= 0.3 is 0 Å². The van der Waals surface area contributed by atoms with Crippen LogP contribution in [0.5, 0.6) is 0 Å². The fourth-order valence-electron chi connectivity index (χ4n) is 1.40. The average molecular weight is 270 g/mol. The first kappa shape index (κ1) is 14.6. The number of rotatable bonds is 3. The number of nitrogens with one attached hydrogen (secondary N) is 1. The summed E-state index contributed by atoms with van der Waals surface area (Å²) in [5, 5.41) is 3.64. The summed E-state index contributed by atoms with van der Waals surface area (Å²) in [5.74, 6) is -0.548. The molecule has 1 unspecified atom stereocenters. The highest BCUT2D eigenvalue weighted by Crippen LogP contribution is 2.32. The van der Waals surface area contributed by atoms with Crippen molar-refractivity contribution in [3.05, 3.63) is 22.7 Å². The van der Waals surface area contributed by atoms with Crippen LogP contribution in [0.1, 0.15) is 38.1 Å². The number of anilines is 2. The van der Waals surface area contributed by atoms with Crippen molar-refractivity contribution in [2.24, 2.45) is 11.1 Å². The number of carbonyl (C=O) groups excluding carboxylic acids is 1. The van der Waals surface area contributed by atoms with Crippen LogP contribution in [0.25, 0.3) is 0 Å². The van der Waals surface area contributed by atoms with Crippen molar-refractivity contribution in [2.45, 2.75) is 33.7 Å². The largest absolute Gasteiger partial charge is 0.399 e. The van der Waals surface area contributed by atoms with Crippen molar-refractivity contribution in [1.29, 1.82) is 0 Å². The first-order valence-electron chi connectivity index (χ1n) is 5.78. The van der Waals surface area contributed by atoms with Crippen molar-refractivity contribution in [1.82, 2.24) is 0 Å². The number of primary amides is 1. The van der Waals surface area contributed by atoms with E-state index in [1.165, 1.54) is 6.07 Å². The van der Waals surface area contributed by atoms with E-state index in [0.29, 0.717) is 22.0 Å². The van der Waals surface area contributed by atoms with Gasteiger partial charge in [0.15, 0.2) is 0 Å². The Labute approximate surface area is 113 Å². The molecule has 0 bridgehead atoms. The number of nitrogen functional groups attached to an aromatic ring is 1. The standard InChI is InChI=1S/C13H20ClN3O/c1-7(13(2,3)4)17-11-9(12(16)18)5-8(15)6-10(11)14/h5-7,17H,15H2,1-4H3,(H2,16,18). The van der Waals surface area contributed by atoms with Crippen LogP contribution in [0, 0.1) is 5.41 Å². The summed E-state index contributed by atoms with van der Waals surface area (Å²) in [7, 11) is 0. The normalized spacial score (nSPS) is 13.2. The lowest BCUT2D eigenvalue weighted by molar-refractivity contribution is 0.100. The lowest BCUT2D eigenvalue weighted by atomic mass is 9.87. The van der Waals surface area contributed by atoms with E-state index in [0.717, 1.165) is 0 Å². The Bertz CT molecular complexity index is 466. The van der Waals surface area contributed by atoms with Gasteiger partial charge in [0.2, 0.25) is 0 Å². The molecule has 0 heterocycles. The monoisotopic (exact) mass is 269 g/mol. The van der Waals surface area contributed by atoms with E-state index in [9.17, 15) is 4.79 Å². The van der Waals surface area contributed by atoms with Gasteiger partial charge in [0, 0.05) is 11.7 Å². The number of halogens is 1. The highest BCUT2D eigenvalue weighted by Gasteiger charge is 2.23. The molecule has 0 aliphatic heterocycles. The Hall–Kier alpha value is -1.42. The van der Waals surface area contributed by atoms with E-state index in [2.05, 4.69) is 26.1 Å². The summed E-state index contributed by atoms with van der Waals surface area (Å²) in [4.78, 5) is 11.4. The zero-order valence-electron chi connectivity index (χ0n) is 11.2. The molecule has 0 aromatic heterocycles. The van der Waals surface area contributed by atoms with Crippen LogP contribution in [-0.2, 0) is 0 Å². The van der Waals surface area contributed by atoms with Crippen LogP contribution in [0.15, 0.2) is 12.1 Å². The van der Waals surface area contributed by atoms with Gasteiger partial charge in [0.05, 0.1) is 16.3 Å². The van der Waals surface area contributed by atoms with Crippen molar-refractivity contribution in [2.75, 3.05) is 11.1 Å². The third kappa shape index (κ3) is 3.29. The van der Waals surface area contributed by atoms with E-state index in [4.69, 9.17) is 23.1 Å². The van der Waals surface area contributed by atoms with E-state index >= 15 is 0 Å². The summed E-state index contributed by atoms with van der Waals surface area (Å²) in [6.45, 7) is 8.32. The molecule has 5 heteroatoms. The van der Waals surface area contributed by atoms with Gasteiger partial charge in [0.1, 0.15) is 0 Å². The lowest BCUT2D eigenvalue weighted by Crippen LogP contribution is -2.32. The molecule has 1 atom stereocenters. The minimum atomic E-state index is -0.548. The Morgan fingerprint density at radius 3 is 2.39 bits per heavy atom. The molecular formula is C13H20ClN3O. The Morgan fingerprint density at radius 1 is 1.39 bits per heavy atom. The number of hydrogen-bond acceptors (Lipinski definition) is 3. The van der Waals surface area contributed by atoms with Crippen LogP contribution in [0.4, 0.5) is 11.4 Å². The molecule has 100 valence electrons. The van der Waals surface area contributed by atoms with E-state index in [1.807, 2.05) is 6.92 Å². The predicted molar refractivity (Wildman–Crippen MR) is 76.9 cm³/mol. The van der Waals surface area contributed by atoms with Crippen LogP contribution >= 0.6 is 11.6 Å². The van der Waals surface area contributed by atoms with Gasteiger partial charge in [-0.15, -0.1) is 0 Å². The Kier molecular flexibility index (Phi) is 4.12. The third-order valence-electron chi connectivity index (χ3n) is 3.04. The van der Waals surface area contributed by atoms with Crippen LogP contribution < -0.4 is 16.8 Å². The van der Waals surface area contributed by atoms with Gasteiger partial charge in [-0.05, 0) is 24.5 Å². The predicted octanol–water partition coefficient (Wildman–Crippen LogP) is 2.87. The molecule has 1 aromatic rings. The Morgan fingerprint density at radius 2 is 1.94 bits per heavy atom. The molecule has 0 fully saturated rings. The molecule has 0 radical (unpaired) electrons. The fraction of sp³-hybridized carbons (Fsp3) is 0.462. The van der Waals surface area contributed by atoms with E-state index < -0.39 is 5.91 Å². The quantitative estimate of drug-likeness (QED) is 0.738. The van der Waals surface area contributed by atoms with Crippen LogP contribution in [0.2, 0.25) is 5.02 Å². The molecule has 5 N–H and O–H groups in total. The zero-order valence-corrected chi connectivity index (χ0v) is 11.9. The molecule has 4 nitrogen and oxygen atoms in total. The van der Waals surface area contributed by atoms with Crippen LogP contribution in [0.3, 0.4) is 0 Å². The van der Waals surface area contributed by atoms with Crippen molar-refractivity contribution in [3.63, 3.8) is 0 Å². The van der Waals surface area contributed by atoms with Crippen molar-refractivity contribution in [3.8, 4) is 0 Å². The molecular weight excluding hydrogens is 250 g/mol. The number of amides is 1. The van der Waals surface area contributed by atoms with Gasteiger partial charge in [-0.3, -0.25) is 4.79 Å². The molecule has 0 spiro atoms. The smallest absolute Gasteiger partial charge is 0.250 e. The minimum Gasteiger partial charge on any atom is -0.399 e. The first-order chi connectivity index (χ1) is 8.12. The maximum atomic E-state index is 11.4. The highest BCUT2D eigenvalue weighted by atomic mass is 35.5. The second-order valence-electron chi connectivity index (χ2n) is 5.52. The topological polar surface area (TPSA) is 81.1 Å². The molecule has 0 saturated carbocycles. The zero-order chi connectivity index (χ0) is 14.1.